The minimum atomic E-state index is -0.279. The number of benzene rings is 2. The molecule has 4 rings (SSSR count). The number of nitrogens with two attached hydrogens (primary N) is 1. The van der Waals surface area contributed by atoms with E-state index in [1.165, 1.54) is 5.56 Å². The summed E-state index contributed by atoms with van der Waals surface area (Å²) >= 11 is 0. The Morgan fingerprint density at radius 2 is 1.80 bits per heavy atom. The van der Waals surface area contributed by atoms with E-state index in [1.807, 2.05) is 29.1 Å². The molecule has 2 aromatic carbocycles. The van der Waals surface area contributed by atoms with Crippen molar-refractivity contribution in [3.05, 3.63) is 65.4 Å². The van der Waals surface area contributed by atoms with E-state index < -0.39 is 0 Å². The first-order valence-electron chi connectivity index (χ1n) is 10.3. The molecule has 0 saturated carbocycles. The van der Waals surface area contributed by atoms with Crippen molar-refractivity contribution >= 4 is 16.8 Å². The van der Waals surface area contributed by atoms with Gasteiger partial charge < -0.3 is 10.5 Å². The van der Waals surface area contributed by atoms with Gasteiger partial charge in [-0.3, -0.25) is 14.4 Å². The molecule has 1 saturated heterocycles. The molecule has 0 spiro atoms. The SMILES string of the molecule is NC(=O)CCCn1ncc2cc(C#Cc3ccc(CN4CCOCC4)cc3)ccc21. The summed E-state index contributed by atoms with van der Waals surface area (Å²) in [5.41, 5.74) is 9.50. The number of morpholine rings is 1. The zero-order valence-corrected chi connectivity index (χ0v) is 17.0. The van der Waals surface area contributed by atoms with Gasteiger partial charge in [0.2, 0.25) is 5.91 Å². The molecule has 1 aliphatic rings. The summed E-state index contributed by atoms with van der Waals surface area (Å²) in [6.45, 7) is 5.25. The first kappa shape index (κ1) is 20.1. The second-order valence-electron chi connectivity index (χ2n) is 7.55. The highest BCUT2D eigenvalue weighted by molar-refractivity contribution is 5.80. The van der Waals surface area contributed by atoms with Gasteiger partial charge in [0.25, 0.3) is 0 Å². The lowest BCUT2D eigenvalue weighted by Crippen LogP contribution is -2.35. The Labute approximate surface area is 176 Å². The van der Waals surface area contributed by atoms with E-state index in [9.17, 15) is 4.79 Å². The van der Waals surface area contributed by atoms with Crippen LogP contribution in [0.25, 0.3) is 10.9 Å². The van der Waals surface area contributed by atoms with Crippen LogP contribution in [-0.2, 0) is 22.6 Å². The lowest BCUT2D eigenvalue weighted by molar-refractivity contribution is -0.118. The standard InChI is InChI=1S/C24H26N4O2/c25-24(29)2-1-11-28-23-10-9-20(16-22(23)17-26-28)6-3-19-4-7-21(8-5-19)18-27-12-14-30-15-13-27/h4-5,7-10,16-17H,1-2,11-15,18H2,(H2,25,29). The highest BCUT2D eigenvalue weighted by Gasteiger charge is 2.10. The zero-order valence-electron chi connectivity index (χ0n) is 17.0. The Bertz CT molecular complexity index is 1070. The number of fused-ring (bicyclic) bond motifs is 1. The van der Waals surface area contributed by atoms with Crippen molar-refractivity contribution in [2.75, 3.05) is 26.3 Å². The Morgan fingerprint density at radius 1 is 1.07 bits per heavy atom. The van der Waals surface area contributed by atoms with Crippen molar-refractivity contribution < 1.29 is 9.53 Å². The number of hydrogen-bond donors (Lipinski definition) is 1. The molecule has 30 heavy (non-hydrogen) atoms. The van der Waals surface area contributed by atoms with E-state index in [1.54, 1.807) is 0 Å². The molecule has 3 aromatic rings. The predicted molar refractivity (Wildman–Crippen MR) is 117 cm³/mol. The summed E-state index contributed by atoms with van der Waals surface area (Å²) in [6.07, 6.45) is 2.90. The van der Waals surface area contributed by atoms with E-state index in [0.717, 1.165) is 54.9 Å². The Morgan fingerprint density at radius 3 is 2.57 bits per heavy atom. The summed E-state index contributed by atoms with van der Waals surface area (Å²) < 4.78 is 7.31. The van der Waals surface area contributed by atoms with Crippen LogP contribution in [0, 0.1) is 11.8 Å². The van der Waals surface area contributed by atoms with Crippen LogP contribution in [0.1, 0.15) is 29.5 Å². The fourth-order valence-corrected chi connectivity index (χ4v) is 3.60. The third-order valence-corrected chi connectivity index (χ3v) is 5.25. The van der Waals surface area contributed by atoms with Gasteiger partial charge in [-0.15, -0.1) is 0 Å². The second kappa shape index (κ2) is 9.57. The molecule has 1 aromatic heterocycles. The fourth-order valence-electron chi connectivity index (χ4n) is 3.60. The molecule has 1 amide bonds. The van der Waals surface area contributed by atoms with Crippen LogP contribution < -0.4 is 5.73 Å². The number of primary amides is 1. The van der Waals surface area contributed by atoms with Crippen molar-refractivity contribution in [2.45, 2.75) is 25.9 Å². The summed E-state index contributed by atoms with van der Waals surface area (Å²) in [4.78, 5) is 13.3. The molecule has 2 N–H and O–H groups in total. The van der Waals surface area contributed by atoms with Crippen LogP contribution in [0.2, 0.25) is 0 Å². The average molecular weight is 402 g/mol. The molecule has 2 heterocycles. The Balaban J connectivity index is 1.40. The van der Waals surface area contributed by atoms with E-state index in [2.05, 4.69) is 46.1 Å². The van der Waals surface area contributed by atoms with Crippen molar-refractivity contribution in [1.29, 1.82) is 0 Å². The van der Waals surface area contributed by atoms with Crippen LogP contribution in [0.15, 0.2) is 48.7 Å². The van der Waals surface area contributed by atoms with E-state index in [-0.39, 0.29) is 5.91 Å². The number of aryl methyl sites for hydroxylation is 1. The van der Waals surface area contributed by atoms with Gasteiger partial charge in [-0.25, -0.2) is 0 Å². The molecule has 0 unspecified atom stereocenters. The maximum atomic E-state index is 10.9. The molecule has 1 aliphatic heterocycles. The fraction of sp³-hybridized carbons (Fsp3) is 0.333. The van der Waals surface area contributed by atoms with Crippen LogP contribution in [0.3, 0.4) is 0 Å². The maximum Gasteiger partial charge on any atom is 0.217 e. The highest BCUT2D eigenvalue weighted by atomic mass is 16.5. The van der Waals surface area contributed by atoms with Gasteiger partial charge in [-0.05, 0) is 42.3 Å². The van der Waals surface area contributed by atoms with Gasteiger partial charge in [0.1, 0.15) is 0 Å². The van der Waals surface area contributed by atoms with Gasteiger partial charge in [0, 0.05) is 49.1 Å². The molecule has 6 heteroatoms. The Kier molecular flexibility index (Phi) is 6.43. The number of rotatable bonds is 6. The first-order chi connectivity index (χ1) is 14.7. The van der Waals surface area contributed by atoms with Gasteiger partial charge in [-0.1, -0.05) is 24.0 Å². The molecule has 0 atom stereocenters. The third-order valence-electron chi connectivity index (χ3n) is 5.25. The van der Waals surface area contributed by atoms with E-state index in [4.69, 9.17) is 10.5 Å². The molecule has 154 valence electrons. The van der Waals surface area contributed by atoms with Gasteiger partial charge >= 0.3 is 0 Å². The normalized spacial score (nSPS) is 14.4. The topological polar surface area (TPSA) is 73.4 Å². The monoisotopic (exact) mass is 402 g/mol. The first-order valence-corrected chi connectivity index (χ1v) is 10.3. The summed E-state index contributed by atoms with van der Waals surface area (Å²) in [5, 5.41) is 5.46. The predicted octanol–water partition coefficient (Wildman–Crippen LogP) is 2.53. The number of ether oxygens (including phenoxy) is 1. The van der Waals surface area contributed by atoms with Crippen molar-refractivity contribution in [2.24, 2.45) is 5.73 Å². The molecular weight excluding hydrogens is 376 g/mol. The van der Waals surface area contributed by atoms with E-state index in [0.29, 0.717) is 19.4 Å². The highest BCUT2D eigenvalue weighted by Crippen LogP contribution is 2.16. The maximum absolute atomic E-state index is 10.9. The lowest BCUT2D eigenvalue weighted by Gasteiger charge is -2.26. The number of amides is 1. The van der Waals surface area contributed by atoms with Crippen LogP contribution in [0.5, 0.6) is 0 Å². The summed E-state index contributed by atoms with van der Waals surface area (Å²) in [7, 11) is 0. The van der Waals surface area contributed by atoms with Gasteiger partial charge in [0.15, 0.2) is 0 Å². The quantitative estimate of drug-likeness (QED) is 0.643. The number of carbonyl (C=O) groups is 1. The molecule has 0 bridgehead atoms. The third kappa shape index (κ3) is 5.26. The Hall–Kier alpha value is -3.14. The van der Waals surface area contributed by atoms with Crippen LogP contribution >= 0.6 is 0 Å². The molecular formula is C24H26N4O2. The van der Waals surface area contributed by atoms with Crippen molar-refractivity contribution in [1.82, 2.24) is 14.7 Å². The number of aromatic nitrogens is 2. The lowest BCUT2D eigenvalue weighted by atomic mass is 10.1. The van der Waals surface area contributed by atoms with Crippen molar-refractivity contribution in [3.8, 4) is 11.8 Å². The number of hydrogen-bond acceptors (Lipinski definition) is 4. The molecule has 0 aliphatic carbocycles. The average Bonchev–Trinajstić information content (AvgIpc) is 3.16. The summed E-state index contributed by atoms with van der Waals surface area (Å²) in [6, 6.07) is 14.6. The number of carbonyl (C=O) groups excluding carboxylic acids is 1. The summed E-state index contributed by atoms with van der Waals surface area (Å²) in [5.74, 6) is 6.21. The number of nitrogens with zero attached hydrogens (tertiary/aromatic N) is 3. The van der Waals surface area contributed by atoms with Crippen LogP contribution in [-0.4, -0.2) is 46.9 Å². The van der Waals surface area contributed by atoms with Crippen molar-refractivity contribution in [3.63, 3.8) is 0 Å². The zero-order chi connectivity index (χ0) is 20.8. The smallest absolute Gasteiger partial charge is 0.217 e. The minimum absolute atomic E-state index is 0.279. The molecule has 6 nitrogen and oxygen atoms in total. The molecule has 0 radical (unpaired) electrons. The van der Waals surface area contributed by atoms with E-state index >= 15 is 0 Å². The minimum Gasteiger partial charge on any atom is -0.379 e. The molecule has 1 fully saturated rings. The largest absolute Gasteiger partial charge is 0.379 e. The van der Waals surface area contributed by atoms with Gasteiger partial charge in [0.05, 0.1) is 24.9 Å². The second-order valence-corrected chi connectivity index (χ2v) is 7.55. The van der Waals surface area contributed by atoms with Gasteiger partial charge in [-0.2, -0.15) is 5.10 Å². The van der Waals surface area contributed by atoms with Crippen LogP contribution in [0.4, 0.5) is 0 Å².